The number of rotatable bonds is 1. The summed E-state index contributed by atoms with van der Waals surface area (Å²) in [5, 5.41) is 0. The van der Waals surface area contributed by atoms with Gasteiger partial charge in [-0.3, -0.25) is 9.15 Å². The number of fused-ring (bicyclic) bond motifs is 1. The van der Waals surface area contributed by atoms with Crippen LogP contribution in [0.5, 0.6) is 0 Å². The lowest BCUT2D eigenvalue weighted by Gasteiger charge is -2.22. The Balaban J connectivity index is 2.26. The summed E-state index contributed by atoms with van der Waals surface area (Å²) in [7, 11) is 0. The van der Waals surface area contributed by atoms with E-state index in [4.69, 9.17) is 9.15 Å². The molecule has 82 valence electrons. The maximum Gasteiger partial charge on any atom is 0.229 e. The Bertz CT molecular complexity index is 408. The third-order valence-electron chi connectivity index (χ3n) is 2.61. The molecule has 2 nitrogen and oxygen atoms in total. The molecule has 1 aromatic heterocycles. The molecule has 0 fully saturated rings. The second-order valence-electron chi connectivity index (χ2n) is 5.46. The Morgan fingerprint density at radius 1 is 1.33 bits per heavy atom. The minimum Gasteiger partial charge on any atom is -0.286 e. The van der Waals surface area contributed by atoms with Gasteiger partial charge in [-0.1, -0.05) is 32.4 Å². The summed E-state index contributed by atoms with van der Waals surface area (Å²) in [6.45, 7) is 8.95. The highest BCUT2D eigenvalue weighted by atomic mass is 17.0. The van der Waals surface area contributed by atoms with Crippen LogP contribution in [0.3, 0.4) is 0 Å². The van der Waals surface area contributed by atoms with Crippen LogP contribution >= 0.6 is 0 Å². The summed E-state index contributed by atoms with van der Waals surface area (Å²) < 4.78 is 9.96. The monoisotopic (exact) mass is 206 g/mol. The normalized spacial score (nSPS) is 19.2. The fourth-order valence-corrected chi connectivity index (χ4v) is 2.08. The lowest BCUT2D eigenvalue weighted by atomic mass is 9.85. The van der Waals surface area contributed by atoms with Crippen molar-refractivity contribution in [3.8, 4) is 0 Å². The highest BCUT2D eigenvalue weighted by Gasteiger charge is 2.23. The molecule has 0 N–H and O–H groups in total. The minimum absolute atomic E-state index is 0.323. The van der Waals surface area contributed by atoms with E-state index >= 15 is 0 Å². The Kier molecular flexibility index (Phi) is 2.37. The van der Waals surface area contributed by atoms with Crippen LogP contribution in [0.25, 0.3) is 11.6 Å². The summed E-state index contributed by atoms with van der Waals surface area (Å²) in [6, 6.07) is 0. The molecule has 2 rings (SSSR count). The zero-order chi connectivity index (χ0) is 11.1. The van der Waals surface area contributed by atoms with Crippen molar-refractivity contribution in [3.63, 3.8) is 0 Å². The number of hydrogen-bond donors (Lipinski definition) is 0. The van der Waals surface area contributed by atoms with E-state index in [0.29, 0.717) is 5.41 Å². The summed E-state index contributed by atoms with van der Waals surface area (Å²) >= 11 is 0. The van der Waals surface area contributed by atoms with Gasteiger partial charge in [0.2, 0.25) is 11.5 Å². The van der Waals surface area contributed by atoms with Gasteiger partial charge in [-0.25, -0.2) is 0 Å². The fraction of sp³-hybridized carbons (Fsp3) is 0.538. The van der Waals surface area contributed by atoms with Gasteiger partial charge in [-0.05, 0) is 31.3 Å². The third kappa shape index (κ3) is 2.09. The van der Waals surface area contributed by atoms with Crippen molar-refractivity contribution < 1.29 is 9.15 Å². The summed E-state index contributed by atoms with van der Waals surface area (Å²) in [6.07, 6.45) is 6.16. The molecule has 0 bridgehead atoms. The lowest BCUT2D eigenvalue weighted by Crippen LogP contribution is -2.08. The van der Waals surface area contributed by atoms with Gasteiger partial charge >= 0.3 is 0 Å². The van der Waals surface area contributed by atoms with Crippen molar-refractivity contribution in [1.29, 1.82) is 0 Å². The first-order valence-corrected chi connectivity index (χ1v) is 5.42. The van der Waals surface area contributed by atoms with Crippen LogP contribution in [0.15, 0.2) is 20.8 Å². The molecule has 0 aliphatic heterocycles. The summed E-state index contributed by atoms with van der Waals surface area (Å²) in [5.41, 5.74) is 3.03. The van der Waals surface area contributed by atoms with Crippen molar-refractivity contribution >= 4 is 11.6 Å². The predicted molar refractivity (Wildman–Crippen MR) is 61.3 cm³/mol. The highest BCUT2D eigenvalue weighted by molar-refractivity contribution is 5.75. The van der Waals surface area contributed by atoms with Crippen molar-refractivity contribution in [3.05, 3.63) is 23.2 Å². The quantitative estimate of drug-likeness (QED) is 0.632. The molecule has 0 saturated carbocycles. The molecular formula is C13H18O2. The molecule has 1 aromatic rings. The largest absolute Gasteiger partial charge is 0.286 e. The zero-order valence-corrected chi connectivity index (χ0v) is 9.89. The first-order valence-electron chi connectivity index (χ1n) is 5.42. The number of hydrogen-bond acceptors (Lipinski definition) is 2. The van der Waals surface area contributed by atoms with Gasteiger partial charge in [0.15, 0.2) is 0 Å². The number of allylic oxidation sites excluding steroid dienone is 3. The van der Waals surface area contributed by atoms with Crippen LogP contribution in [0.4, 0.5) is 0 Å². The molecule has 15 heavy (non-hydrogen) atoms. The first-order chi connectivity index (χ1) is 6.97. The second-order valence-corrected chi connectivity index (χ2v) is 5.46. The summed E-state index contributed by atoms with van der Waals surface area (Å²) in [4.78, 5) is 0. The second kappa shape index (κ2) is 3.44. The Hall–Kier alpha value is -1.18. The standard InChI is InChI=1S/C13H18O2/c1-9(8-13(2,3)4)10-6-5-7-11-12(10)15-14-11/h5,7H,6,8H2,1-4H3. The minimum atomic E-state index is 0.323. The lowest BCUT2D eigenvalue weighted by molar-refractivity contribution is -0.00912. The van der Waals surface area contributed by atoms with Crippen LogP contribution in [0.2, 0.25) is 0 Å². The van der Waals surface area contributed by atoms with Crippen molar-refractivity contribution in [2.45, 2.75) is 40.5 Å². The van der Waals surface area contributed by atoms with Crippen LogP contribution < -0.4 is 0 Å². The molecule has 0 spiro atoms. The Morgan fingerprint density at radius 3 is 2.60 bits per heavy atom. The average molecular weight is 206 g/mol. The fourth-order valence-electron chi connectivity index (χ4n) is 2.08. The smallest absolute Gasteiger partial charge is 0.229 e. The van der Waals surface area contributed by atoms with Crippen LogP contribution in [0.1, 0.15) is 52.1 Å². The molecule has 0 aromatic carbocycles. The van der Waals surface area contributed by atoms with Gasteiger partial charge < -0.3 is 0 Å². The van der Waals surface area contributed by atoms with Crippen LogP contribution in [-0.4, -0.2) is 0 Å². The third-order valence-corrected chi connectivity index (χ3v) is 2.61. The van der Waals surface area contributed by atoms with Gasteiger partial charge in [0.25, 0.3) is 0 Å². The van der Waals surface area contributed by atoms with E-state index in [0.717, 1.165) is 24.4 Å². The molecule has 1 heterocycles. The van der Waals surface area contributed by atoms with E-state index in [-0.39, 0.29) is 0 Å². The van der Waals surface area contributed by atoms with Gasteiger partial charge in [0.1, 0.15) is 0 Å². The van der Waals surface area contributed by atoms with Crippen LogP contribution in [-0.2, 0) is 0 Å². The van der Waals surface area contributed by atoms with Crippen LogP contribution in [0, 0.1) is 5.41 Å². The SMILES string of the molecule is CC(CC(C)(C)C)=C1CC=Cc2ooc21. The van der Waals surface area contributed by atoms with E-state index in [2.05, 4.69) is 33.8 Å². The molecule has 1 aliphatic carbocycles. The molecule has 0 radical (unpaired) electrons. The zero-order valence-electron chi connectivity index (χ0n) is 9.89. The molecule has 0 amide bonds. The molecule has 2 heteroatoms. The Morgan fingerprint density at radius 2 is 2.07 bits per heavy atom. The topological polar surface area (TPSA) is 26.3 Å². The van der Waals surface area contributed by atoms with Gasteiger partial charge in [0.05, 0.1) is 0 Å². The van der Waals surface area contributed by atoms with E-state index in [1.807, 2.05) is 6.08 Å². The predicted octanol–water partition coefficient (Wildman–Crippen LogP) is 4.50. The van der Waals surface area contributed by atoms with E-state index in [1.165, 1.54) is 11.1 Å². The van der Waals surface area contributed by atoms with Crippen molar-refractivity contribution in [2.24, 2.45) is 5.41 Å². The average Bonchev–Trinajstić information content (AvgIpc) is 2.03. The van der Waals surface area contributed by atoms with Crippen molar-refractivity contribution in [2.75, 3.05) is 0 Å². The van der Waals surface area contributed by atoms with E-state index in [9.17, 15) is 0 Å². The first kappa shape index (κ1) is 10.3. The molecule has 1 aliphatic rings. The van der Waals surface area contributed by atoms with Gasteiger partial charge in [-0.15, -0.1) is 0 Å². The maximum atomic E-state index is 5.05. The molecule has 0 unspecified atom stereocenters. The van der Waals surface area contributed by atoms with E-state index in [1.54, 1.807) is 0 Å². The summed E-state index contributed by atoms with van der Waals surface area (Å²) in [5.74, 6) is 1.82. The molecular weight excluding hydrogens is 188 g/mol. The Labute approximate surface area is 90.6 Å². The molecule has 0 saturated heterocycles. The van der Waals surface area contributed by atoms with E-state index < -0.39 is 0 Å². The van der Waals surface area contributed by atoms with Gasteiger partial charge in [-0.2, -0.15) is 0 Å². The molecule has 0 atom stereocenters. The maximum absolute atomic E-state index is 5.05. The highest BCUT2D eigenvalue weighted by Crippen LogP contribution is 2.37. The van der Waals surface area contributed by atoms with Gasteiger partial charge in [0, 0.05) is 5.57 Å². The van der Waals surface area contributed by atoms with Crippen molar-refractivity contribution in [1.82, 2.24) is 0 Å².